The van der Waals surface area contributed by atoms with Gasteiger partial charge in [0.1, 0.15) is 0 Å². The van der Waals surface area contributed by atoms with Gasteiger partial charge in [-0.1, -0.05) is 40.9 Å². The molecule has 3 aromatic rings. The van der Waals surface area contributed by atoms with Crippen LogP contribution in [0.1, 0.15) is 15.9 Å². The van der Waals surface area contributed by atoms with E-state index in [2.05, 4.69) is 26.3 Å². The van der Waals surface area contributed by atoms with Crippen LogP contribution in [0.3, 0.4) is 0 Å². The van der Waals surface area contributed by atoms with Crippen molar-refractivity contribution in [2.75, 3.05) is 5.32 Å². The highest BCUT2D eigenvalue weighted by Crippen LogP contribution is 2.25. The quantitative estimate of drug-likeness (QED) is 0.528. The van der Waals surface area contributed by atoms with Crippen LogP contribution in [0.15, 0.2) is 53.1 Å². The molecule has 0 unspecified atom stereocenters. The van der Waals surface area contributed by atoms with Crippen LogP contribution >= 0.6 is 50.7 Å². The van der Waals surface area contributed by atoms with Gasteiger partial charge in [-0.25, -0.2) is 0 Å². The molecular weight excluding hydrogens is 448 g/mol. The highest BCUT2D eigenvalue weighted by Gasteiger charge is 2.12. The van der Waals surface area contributed by atoms with E-state index in [-0.39, 0.29) is 5.91 Å². The van der Waals surface area contributed by atoms with Gasteiger partial charge in [0.25, 0.3) is 5.91 Å². The molecule has 2 aromatic carbocycles. The summed E-state index contributed by atoms with van der Waals surface area (Å²) in [6, 6.07) is 12.0. The number of anilines is 1. The molecule has 0 aliphatic rings. The largest absolute Gasteiger partial charge is 0.304 e. The normalized spacial score (nSPS) is 10.7. The van der Waals surface area contributed by atoms with E-state index in [1.54, 1.807) is 47.3 Å². The van der Waals surface area contributed by atoms with Gasteiger partial charge in [-0.2, -0.15) is 5.10 Å². The van der Waals surface area contributed by atoms with Gasteiger partial charge in [0.15, 0.2) is 5.82 Å². The molecule has 3 rings (SSSR count). The molecule has 4 nitrogen and oxygen atoms in total. The average molecular weight is 460 g/mol. The van der Waals surface area contributed by atoms with E-state index < -0.39 is 0 Å². The fourth-order valence-electron chi connectivity index (χ4n) is 2.17. The van der Waals surface area contributed by atoms with Crippen molar-refractivity contribution in [3.63, 3.8) is 0 Å². The molecule has 8 heteroatoms. The van der Waals surface area contributed by atoms with Crippen molar-refractivity contribution >= 4 is 62.5 Å². The third-order valence-electron chi connectivity index (χ3n) is 3.38. The molecule has 1 N–H and O–H groups in total. The van der Waals surface area contributed by atoms with Crippen LogP contribution in [0.2, 0.25) is 15.1 Å². The maximum atomic E-state index is 12.3. The number of hydrogen-bond donors (Lipinski definition) is 1. The zero-order valence-corrected chi connectivity index (χ0v) is 16.5. The van der Waals surface area contributed by atoms with Gasteiger partial charge in [0.05, 0.1) is 21.1 Å². The van der Waals surface area contributed by atoms with E-state index >= 15 is 0 Å². The maximum Gasteiger partial charge on any atom is 0.256 e. The van der Waals surface area contributed by atoms with E-state index in [4.69, 9.17) is 34.8 Å². The third-order valence-corrected chi connectivity index (χ3v) is 4.96. The Balaban J connectivity index is 1.74. The Morgan fingerprint density at radius 2 is 1.80 bits per heavy atom. The number of nitrogens with zero attached hydrogens (tertiary/aromatic N) is 2. The topological polar surface area (TPSA) is 46.9 Å². The molecule has 0 aliphatic heterocycles. The molecule has 25 heavy (non-hydrogen) atoms. The number of benzene rings is 2. The highest BCUT2D eigenvalue weighted by atomic mass is 79.9. The molecule has 0 atom stereocenters. The average Bonchev–Trinajstić information content (AvgIpc) is 2.91. The maximum absolute atomic E-state index is 12.3. The number of carbonyl (C=O) groups is 1. The van der Waals surface area contributed by atoms with Gasteiger partial charge in [0, 0.05) is 16.8 Å². The molecule has 0 radical (unpaired) electrons. The highest BCUT2D eigenvalue weighted by molar-refractivity contribution is 9.10. The Morgan fingerprint density at radius 1 is 1.08 bits per heavy atom. The van der Waals surface area contributed by atoms with E-state index in [1.165, 1.54) is 0 Å². The van der Waals surface area contributed by atoms with E-state index in [9.17, 15) is 4.79 Å². The van der Waals surface area contributed by atoms with E-state index in [0.717, 1.165) is 5.56 Å². The summed E-state index contributed by atoms with van der Waals surface area (Å²) in [7, 11) is 0. The number of rotatable bonds is 4. The van der Waals surface area contributed by atoms with Gasteiger partial charge in [-0.15, -0.1) is 0 Å². The van der Waals surface area contributed by atoms with Crippen molar-refractivity contribution in [3.8, 4) is 0 Å². The molecule has 0 saturated heterocycles. The summed E-state index contributed by atoms with van der Waals surface area (Å²) in [5.74, 6) is 0.164. The Morgan fingerprint density at radius 3 is 2.48 bits per heavy atom. The predicted molar refractivity (Wildman–Crippen MR) is 105 cm³/mol. The fourth-order valence-corrected chi connectivity index (χ4v) is 3.03. The summed E-state index contributed by atoms with van der Waals surface area (Å²) < 4.78 is 2.37. The van der Waals surface area contributed by atoms with Gasteiger partial charge in [-0.05, 0) is 57.9 Å². The Labute approximate surface area is 167 Å². The summed E-state index contributed by atoms with van der Waals surface area (Å²) in [4.78, 5) is 12.3. The van der Waals surface area contributed by atoms with Crippen LogP contribution in [0.4, 0.5) is 5.82 Å². The van der Waals surface area contributed by atoms with Crippen molar-refractivity contribution < 1.29 is 4.79 Å². The second-order valence-corrected chi connectivity index (χ2v) is 7.34. The van der Waals surface area contributed by atoms with Crippen LogP contribution < -0.4 is 5.32 Å². The minimum atomic E-state index is -0.267. The Hall–Kier alpha value is -1.53. The molecule has 1 heterocycles. The van der Waals surface area contributed by atoms with Crippen LogP contribution in [-0.2, 0) is 6.54 Å². The van der Waals surface area contributed by atoms with Crippen molar-refractivity contribution in [2.45, 2.75) is 6.54 Å². The SMILES string of the molecule is O=C(Nc1nn(Cc2ccc(Cl)c(Cl)c2)cc1Br)c1ccc(Cl)cc1. The van der Waals surface area contributed by atoms with Crippen molar-refractivity contribution in [1.82, 2.24) is 9.78 Å². The molecule has 0 saturated carbocycles. The summed E-state index contributed by atoms with van der Waals surface area (Å²) >= 11 is 21.2. The van der Waals surface area contributed by atoms with Gasteiger partial charge < -0.3 is 5.32 Å². The lowest BCUT2D eigenvalue weighted by Crippen LogP contribution is -2.13. The van der Waals surface area contributed by atoms with Gasteiger partial charge >= 0.3 is 0 Å². The first-order valence-corrected chi connectivity index (χ1v) is 9.09. The van der Waals surface area contributed by atoms with Crippen LogP contribution in [0, 0.1) is 0 Å². The smallest absolute Gasteiger partial charge is 0.256 e. The Bertz CT molecular complexity index is 925. The van der Waals surface area contributed by atoms with Crippen LogP contribution in [0.25, 0.3) is 0 Å². The van der Waals surface area contributed by atoms with Crippen LogP contribution in [0.5, 0.6) is 0 Å². The minimum absolute atomic E-state index is 0.267. The van der Waals surface area contributed by atoms with Gasteiger partial charge in [-0.3, -0.25) is 9.48 Å². The lowest BCUT2D eigenvalue weighted by Gasteiger charge is -2.04. The summed E-state index contributed by atoms with van der Waals surface area (Å²) in [6.07, 6.45) is 1.78. The fraction of sp³-hybridized carbons (Fsp3) is 0.0588. The second-order valence-electron chi connectivity index (χ2n) is 5.23. The molecule has 0 fully saturated rings. The molecule has 0 spiro atoms. The molecule has 0 bridgehead atoms. The molecular formula is C17H11BrCl3N3O. The zero-order chi connectivity index (χ0) is 18.0. The van der Waals surface area contributed by atoms with E-state index in [1.807, 2.05) is 6.07 Å². The Kier molecular flexibility index (Phi) is 5.69. The number of carbonyl (C=O) groups excluding carboxylic acids is 1. The van der Waals surface area contributed by atoms with E-state index in [0.29, 0.717) is 37.5 Å². The lowest BCUT2D eigenvalue weighted by atomic mass is 10.2. The zero-order valence-electron chi connectivity index (χ0n) is 12.6. The standard InChI is InChI=1S/C17H11BrCl3N3O/c18-13-9-24(8-10-1-6-14(20)15(21)7-10)23-16(13)22-17(25)11-2-4-12(19)5-3-11/h1-7,9H,8H2,(H,22,23,25). The number of halogens is 4. The van der Waals surface area contributed by atoms with Gasteiger partial charge in [0.2, 0.25) is 0 Å². The first-order chi connectivity index (χ1) is 11.9. The van der Waals surface area contributed by atoms with Crippen molar-refractivity contribution in [3.05, 3.63) is 79.3 Å². The second kappa shape index (κ2) is 7.79. The lowest BCUT2D eigenvalue weighted by molar-refractivity contribution is 0.102. The number of hydrogen-bond acceptors (Lipinski definition) is 2. The third kappa shape index (κ3) is 4.55. The monoisotopic (exact) mass is 457 g/mol. The van der Waals surface area contributed by atoms with Crippen LogP contribution in [-0.4, -0.2) is 15.7 Å². The first kappa shape index (κ1) is 18.3. The number of nitrogens with one attached hydrogen (secondary N) is 1. The molecule has 0 aliphatic carbocycles. The first-order valence-electron chi connectivity index (χ1n) is 7.16. The minimum Gasteiger partial charge on any atom is -0.304 e. The number of amides is 1. The molecule has 1 aromatic heterocycles. The summed E-state index contributed by atoms with van der Waals surface area (Å²) in [6.45, 7) is 0.492. The number of aromatic nitrogens is 2. The molecule has 128 valence electrons. The predicted octanol–water partition coefficient (Wildman–Crippen LogP) is 5.91. The summed E-state index contributed by atoms with van der Waals surface area (Å²) in [5, 5.41) is 8.70. The molecule has 1 amide bonds. The summed E-state index contributed by atoms with van der Waals surface area (Å²) in [5.41, 5.74) is 1.44. The van der Waals surface area contributed by atoms with Crippen molar-refractivity contribution in [1.29, 1.82) is 0 Å². The van der Waals surface area contributed by atoms with Crippen molar-refractivity contribution in [2.24, 2.45) is 0 Å².